The van der Waals surface area contributed by atoms with Crippen LogP contribution in [0.15, 0.2) is 41.3 Å². The third-order valence-corrected chi connectivity index (χ3v) is 4.63. The van der Waals surface area contributed by atoms with Crippen LogP contribution in [0.5, 0.6) is 0 Å². The number of carbonyl (C=O) groups excluding carboxylic acids is 1. The monoisotopic (exact) mass is 334 g/mol. The van der Waals surface area contributed by atoms with E-state index in [0.717, 1.165) is 27.9 Å². The number of pyridine rings is 1. The molecule has 0 atom stereocenters. The number of nitrogens with zero attached hydrogens (tertiary/aromatic N) is 4. The Morgan fingerprint density at radius 2 is 1.84 bits per heavy atom. The Morgan fingerprint density at radius 1 is 1.12 bits per heavy atom. The van der Waals surface area contributed by atoms with Crippen LogP contribution in [0, 0.1) is 13.8 Å². The molecule has 0 saturated carbocycles. The molecule has 0 bridgehead atoms. The lowest BCUT2D eigenvalue weighted by molar-refractivity contribution is -0.132. The zero-order chi connectivity index (χ0) is 17.6. The third-order valence-electron chi connectivity index (χ3n) is 4.63. The molecule has 6 nitrogen and oxygen atoms in total. The largest absolute Gasteiger partial charge is 0.332 e. The number of fused-ring (bicyclic) bond motifs is 2. The summed E-state index contributed by atoms with van der Waals surface area (Å²) in [6, 6.07) is 9.35. The lowest BCUT2D eigenvalue weighted by Gasteiger charge is -2.16. The second-order valence-corrected chi connectivity index (χ2v) is 6.44. The van der Waals surface area contributed by atoms with Crippen LogP contribution < -0.4 is 5.56 Å². The van der Waals surface area contributed by atoms with Crippen molar-refractivity contribution in [3.63, 3.8) is 0 Å². The summed E-state index contributed by atoms with van der Waals surface area (Å²) in [7, 11) is 0. The van der Waals surface area contributed by atoms with Gasteiger partial charge in [-0.2, -0.15) is 5.10 Å². The van der Waals surface area contributed by atoms with Crippen molar-refractivity contribution in [2.75, 3.05) is 0 Å². The highest BCUT2D eigenvalue weighted by Crippen LogP contribution is 2.22. The van der Waals surface area contributed by atoms with E-state index in [9.17, 15) is 9.59 Å². The molecule has 126 valence electrons. The van der Waals surface area contributed by atoms with Crippen LogP contribution in [0.3, 0.4) is 0 Å². The Balaban J connectivity index is 1.61. The van der Waals surface area contributed by atoms with Gasteiger partial charge in [-0.3, -0.25) is 14.6 Å². The van der Waals surface area contributed by atoms with E-state index in [4.69, 9.17) is 0 Å². The first-order chi connectivity index (χ1) is 12.0. The van der Waals surface area contributed by atoms with Crippen LogP contribution in [-0.2, 0) is 24.4 Å². The quantitative estimate of drug-likeness (QED) is 0.718. The maximum absolute atomic E-state index is 12.7. The molecule has 0 aliphatic carbocycles. The summed E-state index contributed by atoms with van der Waals surface area (Å²) in [5, 5.41) is 5.74. The first-order valence-corrected chi connectivity index (χ1v) is 8.21. The first kappa shape index (κ1) is 15.5. The van der Waals surface area contributed by atoms with Crippen LogP contribution in [-0.4, -0.2) is 25.6 Å². The Kier molecular flexibility index (Phi) is 3.60. The van der Waals surface area contributed by atoms with Crippen molar-refractivity contribution >= 4 is 16.7 Å². The minimum absolute atomic E-state index is 0.0507. The zero-order valence-corrected chi connectivity index (χ0v) is 14.2. The summed E-state index contributed by atoms with van der Waals surface area (Å²) in [4.78, 5) is 31.3. The standard InChI is InChI=1S/C19H18N4O2/c1-12-7-14-9-22(10-15(14)8-20-12)18(24)11-23-19(25)17-6-4-3-5-16(17)13(2)21-23/h3-8H,9-11H2,1-2H3. The molecule has 25 heavy (non-hydrogen) atoms. The van der Waals surface area contributed by atoms with E-state index >= 15 is 0 Å². The van der Waals surface area contributed by atoms with E-state index in [1.807, 2.05) is 44.3 Å². The fourth-order valence-corrected chi connectivity index (χ4v) is 3.32. The Bertz CT molecular complexity index is 1050. The molecule has 0 fully saturated rings. The smallest absolute Gasteiger partial charge is 0.275 e. The van der Waals surface area contributed by atoms with E-state index in [0.29, 0.717) is 18.5 Å². The molecule has 0 N–H and O–H groups in total. The Morgan fingerprint density at radius 3 is 2.64 bits per heavy atom. The predicted octanol–water partition coefficient (Wildman–Crippen LogP) is 1.95. The van der Waals surface area contributed by atoms with Gasteiger partial charge in [0.25, 0.3) is 5.56 Å². The minimum Gasteiger partial charge on any atom is -0.332 e. The molecule has 1 aromatic carbocycles. The fourth-order valence-electron chi connectivity index (χ4n) is 3.32. The van der Waals surface area contributed by atoms with E-state index in [2.05, 4.69) is 10.1 Å². The van der Waals surface area contributed by atoms with Gasteiger partial charge in [0, 0.05) is 30.4 Å². The molecule has 0 saturated heterocycles. The summed E-state index contributed by atoms with van der Waals surface area (Å²) >= 11 is 0. The van der Waals surface area contributed by atoms with Gasteiger partial charge in [-0.25, -0.2) is 4.68 Å². The SMILES string of the molecule is Cc1cc2c(cn1)CN(C(=O)Cn1nc(C)c3ccccc3c1=O)C2. The van der Waals surface area contributed by atoms with Gasteiger partial charge in [0.2, 0.25) is 5.91 Å². The summed E-state index contributed by atoms with van der Waals surface area (Å²) < 4.78 is 1.27. The predicted molar refractivity (Wildman–Crippen MR) is 94.0 cm³/mol. The highest BCUT2D eigenvalue weighted by atomic mass is 16.2. The number of hydrogen-bond donors (Lipinski definition) is 0. The molecule has 2 aromatic heterocycles. The van der Waals surface area contributed by atoms with Crippen molar-refractivity contribution < 1.29 is 4.79 Å². The van der Waals surface area contributed by atoms with Crippen molar-refractivity contribution in [3.05, 3.63) is 69.4 Å². The van der Waals surface area contributed by atoms with Gasteiger partial charge in [0.05, 0.1) is 11.1 Å². The number of aromatic nitrogens is 3. The minimum atomic E-state index is -0.233. The Hall–Kier alpha value is -3.02. The number of rotatable bonds is 2. The summed E-state index contributed by atoms with van der Waals surface area (Å²) in [6.45, 7) is 4.82. The fraction of sp³-hybridized carbons (Fsp3) is 0.263. The summed E-state index contributed by atoms with van der Waals surface area (Å²) in [5.74, 6) is -0.113. The van der Waals surface area contributed by atoms with Crippen LogP contribution in [0.4, 0.5) is 0 Å². The van der Waals surface area contributed by atoms with Crippen molar-refractivity contribution in [2.24, 2.45) is 0 Å². The number of benzene rings is 1. The number of hydrogen-bond acceptors (Lipinski definition) is 4. The van der Waals surface area contributed by atoms with Crippen molar-refractivity contribution in [1.29, 1.82) is 0 Å². The summed E-state index contributed by atoms with van der Waals surface area (Å²) in [6.07, 6.45) is 1.82. The lowest BCUT2D eigenvalue weighted by atomic mass is 10.1. The van der Waals surface area contributed by atoms with Crippen molar-refractivity contribution in [3.8, 4) is 0 Å². The van der Waals surface area contributed by atoms with Crippen molar-refractivity contribution in [2.45, 2.75) is 33.5 Å². The van der Waals surface area contributed by atoms with E-state index in [-0.39, 0.29) is 18.0 Å². The van der Waals surface area contributed by atoms with E-state index in [1.54, 1.807) is 11.0 Å². The molecule has 0 unspecified atom stereocenters. The van der Waals surface area contributed by atoms with Gasteiger partial charge in [0.1, 0.15) is 6.54 Å². The van der Waals surface area contributed by atoms with Gasteiger partial charge in [-0.1, -0.05) is 18.2 Å². The molecule has 4 rings (SSSR count). The molecule has 0 radical (unpaired) electrons. The number of carbonyl (C=O) groups is 1. The number of amides is 1. The first-order valence-electron chi connectivity index (χ1n) is 8.21. The van der Waals surface area contributed by atoms with Gasteiger partial charge in [-0.05, 0) is 37.1 Å². The molecule has 0 spiro atoms. The average molecular weight is 334 g/mol. The van der Waals surface area contributed by atoms with E-state index in [1.165, 1.54) is 4.68 Å². The molecule has 1 aliphatic rings. The molecule has 1 aliphatic heterocycles. The maximum atomic E-state index is 12.7. The van der Waals surface area contributed by atoms with Crippen LogP contribution in [0.25, 0.3) is 10.8 Å². The van der Waals surface area contributed by atoms with Crippen molar-refractivity contribution in [1.82, 2.24) is 19.7 Å². The highest BCUT2D eigenvalue weighted by Gasteiger charge is 2.24. The topological polar surface area (TPSA) is 68.1 Å². The average Bonchev–Trinajstić information content (AvgIpc) is 3.02. The Labute approximate surface area is 144 Å². The second kappa shape index (κ2) is 5.81. The zero-order valence-electron chi connectivity index (χ0n) is 14.2. The highest BCUT2D eigenvalue weighted by molar-refractivity contribution is 5.83. The molecular weight excluding hydrogens is 316 g/mol. The van der Waals surface area contributed by atoms with Gasteiger partial charge in [0.15, 0.2) is 0 Å². The summed E-state index contributed by atoms with van der Waals surface area (Å²) in [5.41, 5.74) is 3.64. The van der Waals surface area contributed by atoms with Crippen LogP contribution >= 0.6 is 0 Å². The second-order valence-electron chi connectivity index (χ2n) is 6.44. The van der Waals surface area contributed by atoms with Gasteiger partial charge >= 0.3 is 0 Å². The lowest BCUT2D eigenvalue weighted by Crippen LogP contribution is -2.34. The van der Waals surface area contributed by atoms with E-state index < -0.39 is 0 Å². The molecule has 3 heterocycles. The molecule has 3 aromatic rings. The molecular formula is C19H18N4O2. The number of aryl methyl sites for hydroxylation is 2. The van der Waals surface area contributed by atoms with Gasteiger partial charge in [-0.15, -0.1) is 0 Å². The normalized spacial score (nSPS) is 13.3. The van der Waals surface area contributed by atoms with Crippen LogP contribution in [0.2, 0.25) is 0 Å². The van der Waals surface area contributed by atoms with Crippen LogP contribution in [0.1, 0.15) is 22.5 Å². The van der Waals surface area contributed by atoms with Gasteiger partial charge < -0.3 is 4.90 Å². The molecule has 1 amide bonds. The maximum Gasteiger partial charge on any atom is 0.275 e. The molecule has 6 heteroatoms. The third kappa shape index (κ3) is 2.69.